The molecule has 6 rings (SSSR count). The van der Waals surface area contributed by atoms with Crippen LogP contribution in [-0.2, 0) is 6.54 Å². The average molecular weight is 518 g/mol. The summed E-state index contributed by atoms with van der Waals surface area (Å²) in [7, 11) is 1.65. The fourth-order valence-electron chi connectivity index (χ4n) is 5.30. The zero-order valence-electron chi connectivity index (χ0n) is 21.6. The Morgan fingerprint density at radius 2 is 1.82 bits per heavy atom. The monoisotopic (exact) mass is 517 g/mol. The van der Waals surface area contributed by atoms with E-state index >= 15 is 0 Å². The van der Waals surface area contributed by atoms with Crippen molar-refractivity contribution in [3.63, 3.8) is 0 Å². The Balaban J connectivity index is 1.40. The number of rotatable bonds is 8. The summed E-state index contributed by atoms with van der Waals surface area (Å²) in [5.41, 5.74) is 2.17. The van der Waals surface area contributed by atoms with Crippen LogP contribution in [0.4, 0.5) is 0 Å². The Bertz CT molecular complexity index is 1480. The first kappa shape index (κ1) is 24.4. The van der Waals surface area contributed by atoms with Gasteiger partial charge in [0.1, 0.15) is 11.8 Å². The highest BCUT2D eigenvalue weighted by atomic mass is 16.7. The van der Waals surface area contributed by atoms with E-state index in [9.17, 15) is 4.79 Å². The quantitative estimate of drug-likeness (QED) is 0.377. The largest absolute Gasteiger partial charge is 0.497 e. The van der Waals surface area contributed by atoms with E-state index < -0.39 is 6.04 Å². The second kappa shape index (κ2) is 10.4. The zero-order chi connectivity index (χ0) is 26.1. The van der Waals surface area contributed by atoms with Crippen molar-refractivity contribution in [2.75, 3.05) is 46.6 Å². The number of tetrazole rings is 1. The fourth-order valence-corrected chi connectivity index (χ4v) is 5.30. The maximum absolute atomic E-state index is 13.6. The third-order valence-electron chi connectivity index (χ3n) is 7.27. The van der Waals surface area contributed by atoms with Gasteiger partial charge in [-0.25, -0.2) is 4.68 Å². The maximum atomic E-state index is 13.6. The maximum Gasteiger partial charge on any atom is 0.253 e. The van der Waals surface area contributed by atoms with Gasteiger partial charge < -0.3 is 24.1 Å². The summed E-state index contributed by atoms with van der Waals surface area (Å²) in [6, 6.07) is 13.1. The third-order valence-corrected chi connectivity index (χ3v) is 7.27. The normalized spacial score (nSPS) is 16.7. The molecule has 0 bridgehead atoms. The first-order valence-electron chi connectivity index (χ1n) is 12.9. The summed E-state index contributed by atoms with van der Waals surface area (Å²) >= 11 is 0. The number of ether oxygens (including phenoxy) is 3. The lowest BCUT2D eigenvalue weighted by Gasteiger charge is -2.38. The van der Waals surface area contributed by atoms with Crippen LogP contribution in [0.15, 0.2) is 47.3 Å². The van der Waals surface area contributed by atoms with Gasteiger partial charge in [0.2, 0.25) is 6.79 Å². The highest BCUT2D eigenvalue weighted by Crippen LogP contribution is 2.36. The molecule has 0 radical (unpaired) electrons. The number of aromatic amines is 1. The van der Waals surface area contributed by atoms with Gasteiger partial charge in [-0.05, 0) is 53.2 Å². The van der Waals surface area contributed by atoms with Crippen LogP contribution in [0.3, 0.4) is 0 Å². The molecule has 0 saturated carbocycles. The molecule has 11 heteroatoms. The summed E-state index contributed by atoms with van der Waals surface area (Å²) in [4.78, 5) is 21.4. The number of benzene rings is 2. The Labute approximate surface area is 219 Å². The lowest BCUT2D eigenvalue weighted by molar-refractivity contribution is 0.104. The summed E-state index contributed by atoms with van der Waals surface area (Å²) in [6.45, 7) is 7.37. The molecular formula is C27H31N7O4. The standard InChI is InChI=1S/C27H31N7O4/c1-3-8-32-9-11-33(12-10-32)25(26-29-30-31-34(26)16-18-4-6-20(36-2)7-5-18)21-13-19-14-23-24(38-17-37-23)15-22(19)28-27(21)35/h4-7,13-15,25H,3,8-12,16-17H2,1-2H3,(H,28,35). The van der Waals surface area contributed by atoms with Gasteiger partial charge in [0, 0.05) is 43.2 Å². The highest BCUT2D eigenvalue weighted by Gasteiger charge is 2.33. The van der Waals surface area contributed by atoms with Gasteiger partial charge in [0.05, 0.1) is 19.2 Å². The first-order valence-corrected chi connectivity index (χ1v) is 12.9. The summed E-state index contributed by atoms with van der Waals surface area (Å²) in [5.74, 6) is 2.73. The van der Waals surface area contributed by atoms with Crippen LogP contribution in [0.2, 0.25) is 0 Å². The van der Waals surface area contributed by atoms with Crippen LogP contribution >= 0.6 is 0 Å². The van der Waals surface area contributed by atoms with Crippen molar-refractivity contribution in [1.82, 2.24) is 35.0 Å². The Kier molecular flexibility index (Phi) is 6.69. The second-order valence-electron chi connectivity index (χ2n) is 9.67. The van der Waals surface area contributed by atoms with Crippen LogP contribution < -0.4 is 19.8 Å². The van der Waals surface area contributed by atoms with Gasteiger partial charge in [-0.15, -0.1) is 5.10 Å². The van der Waals surface area contributed by atoms with Crippen LogP contribution in [0.1, 0.15) is 36.3 Å². The minimum absolute atomic E-state index is 0.170. The Morgan fingerprint density at radius 3 is 2.55 bits per heavy atom. The minimum atomic E-state index is -0.411. The number of fused-ring (bicyclic) bond motifs is 2. The number of nitrogens with one attached hydrogen (secondary N) is 1. The number of pyridine rings is 1. The van der Waals surface area contributed by atoms with E-state index in [4.69, 9.17) is 14.2 Å². The summed E-state index contributed by atoms with van der Waals surface area (Å²) in [5, 5.41) is 13.7. The summed E-state index contributed by atoms with van der Waals surface area (Å²) < 4.78 is 18.2. The van der Waals surface area contributed by atoms with E-state index in [1.807, 2.05) is 42.5 Å². The number of methoxy groups -OCH3 is 1. The Hall–Kier alpha value is -3.96. The molecule has 1 unspecified atom stereocenters. The van der Waals surface area contributed by atoms with E-state index in [0.29, 0.717) is 34.9 Å². The number of hydrogen-bond acceptors (Lipinski definition) is 9. The van der Waals surface area contributed by atoms with Crippen LogP contribution in [0, 0.1) is 0 Å². The van der Waals surface area contributed by atoms with Crippen molar-refractivity contribution in [2.24, 2.45) is 0 Å². The van der Waals surface area contributed by atoms with E-state index in [1.165, 1.54) is 0 Å². The van der Waals surface area contributed by atoms with E-state index in [1.54, 1.807) is 11.8 Å². The lowest BCUT2D eigenvalue weighted by Crippen LogP contribution is -2.49. The molecule has 0 amide bonds. The zero-order valence-corrected chi connectivity index (χ0v) is 21.6. The Morgan fingerprint density at radius 1 is 1.05 bits per heavy atom. The van der Waals surface area contributed by atoms with Gasteiger partial charge in [0.25, 0.3) is 5.56 Å². The molecule has 4 heterocycles. The molecule has 38 heavy (non-hydrogen) atoms. The van der Waals surface area contributed by atoms with Crippen molar-refractivity contribution in [2.45, 2.75) is 25.9 Å². The predicted octanol–water partition coefficient (Wildman–Crippen LogP) is 2.42. The molecule has 0 aliphatic carbocycles. The van der Waals surface area contributed by atoms with Gasteiger partial charge in [0.15, 0.2) is 17.3 Å². The van der Waals surface area contributed by atoms with Gasteiger partial charge in [-0.2, -0.15) is 0 Å². The first-order chi connectivity index (χ1) is 18.6. The van der Waals surface area contributed by atoms with E-state index in [-0.39, 0.29) is 12.4 Å². The molecule has 2 aromatic heterocycles. The van der Waals surface area contributed by atoms with Crippen molar-refractivity contribution in [3.8, 4) is 17.2 Å². The molecular weight excluding hydrogens is 486 g/mol. The minimum Gasteiger partial charge on any atom is -0.497 e. The molecule has 1 fully saturated rings. The molecule has 0 spiro atoms. The molecule has 198 valence electrons. The van der Waals surface area contributed by atoms with E-state index in [0.717, 1.165) is 55.8 Å². The number of H-pyrrole nitrogens is 1. The van der Waals surface area contributed by atoms with Gasteiger partial charge in [-0.3, -0.25) is 9.69 Å². The number of piperazine rings is 1. The van der Waals surface area contributed by atoms with Crippen molar-refractivity contribution in [1.29, 1.82) is 0 Å². The smallest absolute Gasteiger partial charge is 0.253 e. The third kappa shape index (κ3) is 4.70. The topological polar surface area (TPSA) is 111 Å². The molecule has 2 aliphatic heterocycles. The van der Waals surface area contributed by atoms with E-state index in [2.05, 4.69) is 37.2 Å². The van der Waals surface area contributed by atoms with Gasteiger partial charge in [-0.1, -0.05) is 19.1 Å². The number of hydrogen-bond donors (Lipinski definition) is 1. The molecule has 1 saturated heterocycles. The highest BCUT2D eigenvalue weighted by molar-refractivity contribution is 5.83. The van der Waals surface area contributed by atoms with Crippen LogP contribution in [-0.4, -0.2) is 81.6 Å². The SMILES string of the molecule is CCCN1CCN(C(c2cc3cc4c(cc3[nH]c2=O)OCO4)c2nnnn2Cc2ccc(OC)cc2)CC1. The molecule has 4 aromatic rings. The van der Waals surface area contributed by atoms with Crippen LogP contribution in [0.25, 0.3) is 10.9 Å². The summed E-state index contributed by atoms with van der Waals surface area (Å²) in [6.07, 6.45) is 1.12. The second-order valence-corrected chi connectivity index (χ2v) is 9.67. The fraction of sp³-hybridized carbons (Fsp3) is 0.407. The predicted molar refractivity (Wildman–Crippen MR) is 141 cm³/mol. The molecule has 1 N–H and O–H groups in total. The average Bonchev–Trinajstić information content (AvgIpc) is 3.59. The molecule has 2 aliphatic rings. The van der Waals surface area contributed by atoms with Crippen molar-refractivity contribution >= 4 is 10.9 Å². The number of nitrogens with zero attached hydrogens (tertiary/aromatic N) is 6. The molecule has 2 aromatic carbocycles. The van der Waals surface area contributed by atoms with Crippen LogP contribution in [0.5, 0.6) is 17.2 Å². The van der Waals surface area contributed by atoms with Crippen molar-refractivity contribution in [3.05, 3.63) is 69.8 Å². The molecule has 1 atom stereocenters. The number of aromatic nitrogens is 5. The van der Waals surface area contributed by atoms with Gasteiger partial charge >= 0.3 is 0 Å². The van der Waals surface area contributed by atoms with Crippen molar-refractivity contribution < 1.29 is 14.2 Å². The molecule has 11 nitrogen and oxygen atoms in total. The lowest BCUT2D eigenvalue weighted by atomic mass is 10.0.